The van der Waals surface area contributed by atoms with Crippen LogP contribution >= 0.6 is 15.2 Å². The van der Waals surface area contributed by atoms with Gasteiger partial charge in [-0.3, -0.25) is 9.13 Å². The van der Waals surface area contributed by atoms with Gasteiger partial charge in [-0.05, 0) is 24.3 Å². The lowest BCUT2D eigenvalue weighted by Crippen LogP contribution is -2.01. The van der Waals surface area contributed by atoms with Gasteiger partial charge in [0.1, 0.15) is 0 Å². The highest BCUT2D eigenvalue weighted by Gasteiger charge is 2.15. The zero-order valence-electron chi connectivity index (χ0n) is 10.3. The Morgan fingerprint density at radius 1 is 0.550 bits per heavy atom. The van der Waals surface area contributed by atoms with Crippen molar-refractivity contribution in [3.8, 4) is 0 Å². The van der Waals surface area contributed by atoms with E-state index in [-0.39, 0.29) is 10.6 Å². The topological polar surface area (TPSA) is 115 Å². The number of rotatable bonds is 2. The lowest BCUT2D eigenvalue weighted by atomic mass is 10.4. The van der Waals surface area contributed by atoms with E-state index in [9.17, 15) is 9.13 Å². The van der Waals surface area contributed by atoms with Gasteiger partial charge in [-0.2, -0.15) is 0 Å². The molecule has 0 aliphatic carbocycles. The predicted molar refractivity (Wildman–Crippen MR) is 76.2 cm³/mol. The molecule has 0 bridgehead atoms. The van der Waals surface area contributed by atoms with Crippen LogP contribution in [0.2, 0.25) is 0 Å². The van der Waals surface area contributed by atoms with Gasteiger partial charge in [0.15, 0.2) is 0 Å². The van der Waals surface area contributed by atoms with Crippen molar-refractivity contribution in [1.29, 1.82) is 0 Å². The molecule has 6 nitrogen and oxygen atoms in total. The van der Waals surface area contributed by atoms with Crippen molar-refractivity contribution >= 4 is 25.8 Å². The zero-order valence-corrected chi connectivity index (χ0v) is 12.1. The fraction of sp³-hybridized carbons (Fsp3) is 0. The van der Waals surface area contributed by atoms with Crippen LogP contribution in [0.15, 0.2) is 60.7 Å². The van der Waals surface area contributed by atoms with Crippen LogP contribution in [0.25, 0.3) is 0 Å². The molecule has 0 saturated heterocycles. The first kappa shape index (κ1) is 16.8. The number of hydrogen-bond donors (Lipinski definition) is 4. The van der Waals surface area contributed by atoms with Crippen molar-refractivity contribution in [1.82, 2.24) is 0 Å². The summed E-state index contributed by atoms with van der Waals surface area (Å²) in [6.45, 7) is 0. The Morgan fingerprint density at radius 2 is 0.800 bits per heavy atom. The Morgan fingerprint density at radius 3 is 0.950 bits per heavy atom. The Kier molecular flexibility index (Phi) is 5.84. The molecule has 8 heteroatoms. The van der Waals surface area contributed by atoms with Crippen LogP contribution in [0.1, 0.15) is 0 Å². The van der Waals surface area contributed by atoms with Gasteiger partial charge < -0.3 is 19.6 Å². The van der Waals surface area contributed by atoms with E-state index in [1.54, 1.807) is 36.4 Å². The van der Waals surface area contributed by atoms with E-state index in [0.29, 0.717) is 0 Å². The predicted octanol–water partition coefficient (Wildman–Crippen LogP) is 0.979. The van der Waals surface area contributed by atoms with Crippen molar-refractivity contribution in [3.63, 3.8) is 0 Å². The standard InChI is InChI=1S/2C6H7O3P/c2*7-10(8,9)6-4-2-1-3-5-6/h2*1-5H,(H2,7,8,9). The van der Waals surface area contributed by atoms with Crippen LogP contribution in [0, 0.1) is 0 Å². The first-order valence-electron chi connectivity index (χ1n) is 5.43. The molecule has 2 aromatic carbocycles. The molecule has 108 valence electrons. The van der Waals surface area contributed by atoms with Crippen LogP contribution in [-0.4, -0.2) is 19.6 Å². The van der Waals surface area contributed by atoms with E-state index in [4.69, 9.17) is 19.6 Å². The SMILES string of the molecule is O=P(O)(O)c1ccccc1.O=P(O)(O)c1ccccc1. The summed E-state index contributed by atoms with van der Waals surface area (Å²) in [7, 11) is -8.04. The van der Waals surface area contributed by atoms with Gasteiger partial charge in [0.2, 0.25) is 0 Å². The summed E-state index contributed by atoms with van der Waals surface area (Å²) in [5.74, 6) is 0. The monoisotopic (exact) mass is 316 g/mol. The minimum Gasteiger partial charge on any atom is -0.321 e. The second-order valence-corrected chi connectivity index (χ2v) is 6.97. The molecule has 0 aliphatic heterocycles. The zero-order chi connectivity index (χ0) is 15.2. The lowest BCUT2D eigenvalue weighted by molar-refractivity contribution is 0.385. The third-order valence-electron chi connectivity index (χ3n) is 2.19. The van der Waals surface area contributed by atoms with Gasteiger partial charge in [-0.1, -0.05) is 36.4 Å². The van der Waals surface area contributed by atoms with Crippen molar-refractivity contribution in [2.45, 2.75) is 0 Å². The van der Waals surface area contributed by atoms with Gasteiger partial charge in [0, 0.05) is 0 Å². The van der Waals surface area contributed by atoms with E-state index in [1.165, 1.54) is 24.3 Å². The van der Waals surface area contributed by atoms with Gasteiger partial charge in [0.25, 0.3) is 0 Å². The molecule has 0 amide bonds. The maximum absolute atomic E-state index is 10.5. The summed E-state index contributed by atoms with van der Waals surface area (Å²) in [6.07, 6.45) is 0. The van der Waals surface area contributed by atoms with E-state index < -0.39 is 15.2 Å². The van der Waals surface area contributed by atoms with Gasteiger partial charge in [0.05, 0.1) is 10.6 Å². The molecule has 0 atom stereocenters. The van der Waals surface area contributed by atoms with Crippen LogP contribution < -0.4 is 10.6 Å². The fourth-order valence-corrected chi connectivity index (χ4v) is 2.37. The van der Waals surface area contributed by atoms with Gasteiger partial charge >= 0.3 is 15.2 Å². The molecular weight excluding hydrogens is 302 g/mol. The largest absolute Gasteiger partial charge is 0.356 e. The third kappa shape index (κ3) is 5.80. The molecule has 0 aromatic heterocycles. The summed E-state index contributed by atoms with van der Waals surface area (Å²) >= 11 is 0. The van der Waals surface area contributed by atoms with Crippen molar-refractivity contribution in [2.75, 3.05) is 0 Å². The van der Waals surface area contributed by atoms with Gasteiger partial charge in [-0.25, -0.2) is 0 Å². The average Bonchev–Trinajstić information content (AvgIpc) is 2.40. The summed E-state index contributed by atoms with van der Waals surface area (Å²) in [4.78, 5) is 34.4. The second-order valence-electron chi connectivity index (χ2n) is 3.76. The molecule has 2 rings (SSSR count). The molecular formula is C12H14O6P2. The molecule has 0 spiro atoms. The van der Waals surface area contributed by atoms with E-state index in [1.807, 2.05) is 0 Å². The normalized spacial score (nSPS) is 11.4. The Labute approximate surface area is 116 Å². The quantitative estimate of drug-likeness (QED) is 0.614. The molecule has 20 heavy (non-hydrogen) atoms. The fourth-order valence-electron chi connectivity index (χ4n) is 1.24. The number of benzene rings is 2. The van der Waals surface area contributed by atoms with E-state index >= 15 is 0 Å². The third-order valence-corrected chi connectivity index (χ3v) is 4.13. The van der Waals surface area contributed by atoms with Crippen molar-refractivity contribution < 1.29 is 28.7 Å². The first-order valence-corrected chi connectivity index (χ1v) is 8.66. The smallest absolute Gasteiger partial charge is 0.321 e. The van der Waals surface area contributed by atoms with Crippen LogP contribution in [0.5, 0.6) is 0 Å². The highest BCUT2D eigenvalue weighted by atomic mass is 31.2. The van der Waals surface area contributed by atoms with Crippen LogP contribution in [0.3, 0.4) is 0 Å². The molecule has 0 unspecified atom stereocenters. The minimum atomic E-state index is -4.02. The molecule has 0 radical (unpaired) electrons. The molecule has 0 heterocycles. The molecule has 4 N–H and O–H groups in total. The molecule has 0 aliphatic rings. The van der Waals surface area contributed by atoms with Crippen LogP contribution in [0.4, 0.5) is 0 Å². The average molecular weight is 316 g/mol. The van der Waals surface area contributed by atoms with Crippen molar-refractivity contribution in [2.24, 2.45) is 0 Å². The Hall–Kier alpha value is -1.26. The molecule has 0 saturated carbocycles. The van der Waals surface area contributed by atoms with E-state index in [0.717, 1.165) is 0 Å². The number of hydrogen-bond acceptors (Lipinski definition) is 2. The highest BCUT2D eigenvalue weighted by Crippen LogP contribution is 2.32. The first-order chi connectivity index (χ1) is 9.21. The van der Waals surface area contributed by atoms with E-state index in [2.05, 4.69) is 0 Å². The van der Waals surface area contributed by atoms with Crippen LogP contribution in [-0.2, 0) is 9.13 Å². The van der Waals surface area contributed by atoms with Crippen molar-refractivity contribution in [3.05, 3.63) is 60.7 Å². The Balaban J connectivity index is 0.000000200. The molecule has 2 aromatic rings. The minimum absolute atomic E-state index is 0.0648. The lowest BCUT2D eigenvalue weighted by Gasteiger charge is -2.00. The van der Waals surface area contributed by atoms with Gasteiger partial charge in [-0.15, -0.1) is 0 Å². The Bertz CT molecular complexity index is 559. The summed E-state index contributed by atoms with van der Waals surface area (Å²) in [5, 5.41) is 0.130. The molecule has 0 fully saturated rings. The summed E-state index contributed by atoms with van der Waals surface area (Å²) in [6, 6.07) is 15.4. The summed E-state index contributed by atoms with van der Waals surface area (Å²) in [5.41, 5.74) is 0. The maximum Gasteiger partial charge on any atom is 0.356 e. The maximum atomic E-state index is 10.5. The highest BCUT2D eigenvalue weighted by molar-refractivity contribution is 7.60. The summed E-state index contributed by atoms with van der Waals surface area (Å²) < 4.78 is 21.1. The second kappa shape index (κ2) is 6.95.